The summed E-state index contributed by atoms with van der Waals surface area (Å²) in [5.41, 5.74) is 0. The number of carbonyl (C=O) groups excluding carboxylic acids is 1. The predicted octanol–water partition coefficient (Wildman–Crippen LogP) is 6.82. The third-order valence-corrected chi connectivity index (χ3v) is 7.85. The molecule has 0 aliphatic rings. The predicted molar refractivity (Wildman–Crippen MR) is 168 cm³/mol. The number of rotatable bonds is 28. The highest BCUT2D eigenvalue weighted by molar-refractivity contribution is 7.45. The van der Waals surface area contributed by atoms with Crippen LogP contribution < -0.4 is 10.2 Å². The summed E-state index contributed by atoms with van der Waals surface area (Å²) in [7, 11) is 1.23. The quantitative estimate of drug-likeness (QED) is 0.0440. The molecular formula is C32H63N2O6P. The number of aliphatic hydroxyl groups excluding tert-OH is 1. The van der Waals surface area contributed by atoms with Crippen molar-refractivity contribution in [3.8, 4) is 0 Å². The lowest BCUT2D eigenvalue weighted by Crippen LogP contribution is -2.45. The molecule has 0 aliphatic carbocycles. The van der Waals surface area contributed by atoms with Crippen LogP contribution in [0.5, 0.6) is 0 Å². The van der Waals surface area contributed by atoms with Gasteiger partial charge in [-0.2, -0.15) is 0 Å². The van der Waals surface area contributed by atoms with Crippen LogP contribution in [-0.4, -0.2) is 68.5 Å². The van der Waals surface area contributed by atoms with E-state index < -0.39 is 26.6 Å². The topological polar surface area (TPSA) is 108 Å². The smallest absolute Gasteiger partial charge is 0.268 e. The van der Waals surface area contributed by atoms with E-state index >= 15 is 0 Å². The largest absolute Gasteiger partial charge is 0.756 e. The van der Waals surface area contributed by atoms with Gasteiger partial charge in [0.2, 0.25) is 5.91 Å². The average molecular weight is 603 g/mol. The molecule has 1 amide bonds. The van der Waals surface area contributed by atoms with Gasteiger partial charge in [-0.25, -0.2) is 0 Å². The summed E-state index contributed by atoms with van der Waals surface area (Å²) in [5.74, 6) is -0.263. The zero-order chi connectivity index (χ0) is 30.8. The van der Waals surface area contributed by atoms with Crippen molar-refractivity contribution in [2.24, 2.45) is 0 Å². The Morgan fingerprint density at radius 1 is 0.829 bits per heavy atom. The Kier molecular flexibility index (Phi) is 24.8. The minimum Gasteiger partial charge on any atom is -0.756 e. The van der Waals surface area contributed by atoms with Gasteiger partial charge in [0, 0.05) is 6.42 Å². The Labute approximate surface area is 252 Å². The molecule has 0 aliphatic heterocycles. The molecule has 0 aromatic heterocycles. The summed E-state index contributed by atoms with van der Waals surface area (Å²) in [5, 5.41) is 13.3. The Bertz CT molecular complexity index is 738. The SMILES string of the molecule is CCCCCCCCCCCCCC/C=C/CC/C=C/C(O)C(COP(=O)([O-])OCC[N+](C)(C)C)NC(=O)CCC. The standard InChI is InChI=1S/C32H63N2O6P/c1-6-8-9-10-11-12-13-14-15-16-17-18-19-20-21-22-23-24-26-31(35)30(33-32(36)25-7-2)29-40-41(37,38)39-28-27-34(3,4)5/h20-21,24,26,30-31,35H,6-19,22-23,25,27-29H2,1-5H3,(H-,33,36,37,38)/b21-20+,26-24+. The van der Waals surface area contributed by atoms with Gasteiger partial charge in [-0.15, -0.1) is 0 Å². The number of quaternary nitrogens is 1. The van der Waals surface area contributed by atoms with E-state index in [0.717, 1.165) is 19.3 Å². The van der Waals surface area contributed by atoms with Crippen molar-refractivity contribution >= 4 is 13.7 Å². The van der Waals surface area contributed by atoms with Gasteiger partial charge in [0.15, 0.2) is 0 Å². The van der Waals surface area contributed by atoms with Gasteiger partial charge in [0.1, 0.15) is 13.2 Å². The zero-order valence-electron chi connectivity index (χ0n) is 27.0. The molecule has 0 bridgehead atoms. The molecule has 0 rings (SSSR count). The van der Waals surface area contributed by atoms with E-state index in [1.165, 1.54) is 77.0 Å². The summed E-state index contributed by atoms with van der Waals surface area (Å²) in [4.78, 5) is 24.3. The Hall–Kier alpha value is -1.02. The number of nitrogens with zero attached hydrogens (tertiary/aromatic N) is 1. The normalized spacial score (nSPS) is 15.4. The first-order chi connectivity index (χ1) is 19.5. The first-order valence-electron chi connectivity index (χ1n) is 16.2. The molecule has 8 nitrogen and oxygen atoms in total. The third kappa shape index (κ3) is 27.6. The van der Waals surface area contributed by atoms with Gasteiger partial charge in [-0.3, -0.25) is 9.36 Å². The second kappa shape index (κ2) is 25.5. The molecule has 9 heteroatoms. The van der Waals surface area contributed by atoms with Crippen LogP contribution in [0.1, 0.15) is 123 Å². The number of aliphatic hydroxyl groups is 1. The van der Waals surface area contributed by atoms with Gasteiger partial charge in [-0.1, -0.05) is 109 Å². The summed E-state index contributed by atoms with van der Waals surface area (Å²) in [6.07, 6.45) is 26.7. The zero-order valence-corrected chi connectivity index (χ0v) is 27.9. The van der Waals surface area contributed by atoms with Gasteiger partial charge >= 0.3 is 0 Å². The van der Waals surface area contributed by atoms with Crippen LogP contribution in [0.15, 0.2) is 24.3 Å². The van der Waals surface area contributed by atoms with E-state index in [-0.39, 0.29) is 18.9 Å². The van der Waals surface area contributed by atoms with Gasteiger partial charge in [0.25, 0.3) is 7.82 Å². The van der Waals surface area contributed by atoms with Crippen LogP contribution in [0.3, 0.4) is 0 Å². The van der Waals surface area contributed by atoms with Gasteiger partial charge < -0.3 is 28.8 Å². The van der Waals surface area contributed by atoms with Crippen molar-refractivity contribution in [1.82, 2.24) is 5.32 Å². The molecule has 242 valence electrons. The van der Waals surface area contributed by atoms with Crippen molar-refractivity contribution in [3.05, 3.63) is 24.3 Å². The molecule has 0 radical (unpaired) electrons. The van der Waals surface area contributed by atoms with Crippen LogP contribution in [0.2, 0.25) is 0 Å². The number of allylic oxidation sites excluding steroid dienone is 3. The first-order valence-corrected chi connectivity index (χ1v) is 17.7. The number of nitrogens with one attached hydrogen (secondary N) is 1. The van der Waals surface area contributed by atoms with E-state index in [1.807, 2.05) is 34.1 Å². The highest BCUT2D eigenvalue weighted by atomic mass is 31.2. The molecule has 0 fully saturated rings. The summed E-state index contributed by atoms with van der Waals surface area (Å²) in [6.45, 7) is 4.23. The van der Waals surface area contributed by atoms with Crippen LogP contribution in [0.4, 0.5) is 0 Å². The summed E-state index contributed by atoms with van der Waals surface area (Å²) < 4.78 is 22.6. The number of hydrogen-bond donors (Lipinski definition) is 2. The van der Waals surface area contributed by atoms with Crippen molar-refractivity contribution < 1.29 is 32.9 Å². The third-order valence-electron chi connectivity index (χ3n) is 6.88. The molecule has 2 N–H and O–H groups in total. The molecule has 41 heavy (non-hydrogen) atoms. The molecule has 0 heterocycles. The van der Waals surface area contributed by atoms with E-state index in [2.05, 4.69) is 24.4 Å². The number of carbonyl (C=O) groups is 1. The van der Waals surface area contributed by atoms with Crippen LogP contribution in [-0.2, 0) is 18.4 Å². The van der Waals surface area contributed by atoms with Crippen LogP contribution in [0.25, 0.3) is 0 Å². The highest BCUT2D eigenvalue weighted by Crippen LogP contribution is 2.38. The maximum atomic E-state index is 12.1. The molecule has 3 atom stereocenters. The number of phosphoric ester groups is 1. The van der Waals surface area contributed by atoms with Crippen LogP contribution >= 0.6 is 7.82 Å². The Morgan fingerprint density at radius 3 is 1.93 bits per heavy atom. The van der Waals surface area contributed by atoms with E-state index in [9.17, 15) is 19.4 Å². The van der Waals surface area contributed by atoms with Crippen LogP contribution in [0, 0.1) is 0 Å². The first kappa shape index (κ1) is 40.0. The second-order valence-electron chi connectivity index (χ2n) is 12.2. The lowest BCUT2D eigenvalue weighted by Gasteiger charge is -2.29. The lowest BCUT2D eigenvalue weighted by atomic mass is 10.0. The average Bonchev–Trinajstić information content (AvgIpc) is 2.89. The van der Waals surface area contributed by atoms with Crippen molar-refractivity contribution in [2.75, 3.05) is 40.9 Å². The molecule has 0 saturated heterocycles. The fourth-order valence-corrected chi connectivity index (χ4v) is 4.99. The summed E-state index contributed by atoms with van der Waals surface area (Å²) >= 11 is 0. The Morgan fingerprint density at radius 2 is 1.37 bits per heavy atom. The number of amides is 1. The monoisotopic (exact) mass is 602 g/mol. The fraction of sp³-hybridized carbons (Fsp3) is 0.844. The maximum Gasteiger partial charge on any atom is 0.268 e. The molecule has 0 saturated carbocycles. The molecule has 0 spiro atoms. The van der Waals surface area contributed by atoms with Gasteiger partial charge in [-0.05, 0) is 32.1 Å². The van der Waals surface area contributed by atoms with Crippen molar-refractivity contribution in [3.63, 3.8) is 0 Å². The second-order valence-corrected chi connectivity index (χ2v) is 13.6. The van der Waals surface area contributed by atoms with Gasteiger partial charge in [0.05, 0.1) is 39.9 Å². The number of unbranched alkanes of at least 4 members (excludes halogenated alkanes) is 13. The number of hydrogen-bond acceptors (Lipinski definition) is 6. The molecule has 0 aromatic rings. The van der Waals surface area contributed by atoms with E-state index in [1.54, 1.807) is 6.08 Å². The highest BCUT2D eigenvalue weighted by Gasteiger charge is 2.22. The molecular weight excluding hydrogens is 539 g/mol. The number of phosphoric acid groups is 1. The fourth-order valence-electron chi connectivity index (χ4n) is 4.27. The molecule has 0 aromatic carbocycles. The van der Waals surface area contributed by atoms with Crippen molar-refractivity contribution in [2.45, 2.75) is 135 Å². The number of likely N-dealkylation sites (N-methyl/N-ethyl adjacent to an activating group) is 1. The maximum absolute atomic E-state index is 12.1. The minimum atomic E-state index is -4.55. The minimum absolute atomic E-state index is 0.00752. The van der Waals surface area contributed by atoms with Crippen molar-refractivity contribution in [1.29, 1.82) is 0 Å². The molecule has 3 unspecified atom stereocenters. The van der Waals surface area contributed by atoms with E-state index in [0.29, 0.717) is 17.4 Å². The summed E-state index contributed by atoms with van der Waals surface area (Å²) in [6, 6.07) is -0.893. The van der Waals surface area contributed by atoms with E-state index in [4.69, 9.17) is 9.05 Å². The Balaban J connectivity index is 4.22. The lowest BCUT2D eigenvalue weighted by molar-refractivity contribution is -0.870.